The summed E-state index contributed by atoms with van der Waals surface area (Å²) in [6, 6.07) is 2.82. The predicted molar refractivity (Wildman–Crippen MR) is 67.3 cm³/mol. The molecular weight excluding hydrogens is 241 g/mol. The van der Waals surface area contributed by atoms with Crippen LogP contribution in [0.25, 0.3) is 0 Å². The van der Waals surface area contributed by atoms with E-state index in [1.807, 2.05) is 0 Å². The molecule has 1 heterocycles. The van der Waals surface area contributed by atoms with Crippen molar-refractivity contribution >= 4 is 11.6 Å². The van der Waals surface area contributed by atoms with Crippen LogP contribution in [0, 0.1) is 11.7 Å². The van der Waals surface area contributed by atoms with Gasteiger partial charge < -0.3 is 10.1 Å². The fraction of sp³-hybridized carbons (Fsp3) is 0.538. The van der Waals surface area contributed by atoms with Crippen LogP contribution in [0.1, 0.15) is 18.4 Å². The fourth-order valence-electron chi connectivity index (χ4n) is 2.40. The van der Waals surface area contributed by atoms with Crippen molar-refractivity contribution in [1.82, 2.24) is 5.32 Å². The van der Waals surface area contributed by atoms with Crippen LogP contribution in [0.3, 0.4) is 0 Å². The molecule has 0 aromatic heterocycles. The van der Waals surface area contributed by atoms with E-state index in [1.54, 1.807) is 7.11 Å². The Morgan fingerprint density at radius 1 is 1.53 bits per heavy atom. The number of halogens is 2. The van der Waals surface area contributed by atoms with Crippen LogP contribution in [0.5, 0.6) is 5.75 Å². The van der Waals surface area contributed by atoms with Gasteiger partial charge in [-0.2, -0.15) is 0 Å². The quantitative estimate of drug-likeness (QED) is 0.899. The molecule has 1 aromatic carbocycles. The molecule has 0 spiro atoms. The Bertz CT molecular complexity index is 391. The predicted octanol–water partition coefficient (Wildman–Crippen LogP) is 3.03. The van der Waals surface area contributed by atoms with Crippen LogP contribution in [-0.4, -0.2) is 20.2 Å². The molecule has 1 N–H and O–H groups in total. The van der Waals surface area contributed by atoms with Gasteiger partial charge >= 0.3 is 0 Å². The maximum atomic E-state index is 13.3. The third-order valence-electron chi connectivity index (χ3n) is 3.20. The molecule has 4 heteroatoms. The van der Waals surface area contributed by atoms with Crippen LogP contribution in [0.15, 0.2) is 12.1 Å². The number of nitrogens with one attached hydrogen (secondary N) is 1. The molecule has 0 saturated carbocycles. The second kappa shape index (κ2) is 5.69. The Morgan fingerprint density at radius 2 is 2.35 bits per heavy atom. The lowest BCUT2D eigenvalue weighted by Gasteiger charge is -2.23. The van der Waals surface area contributed by atoms with Gasteiger partial charge in [0, 0.05) is 0 Å². The Balaban J connectivity index is 2.18. The van der Waals surface area contributed by atoms with Crippen LogP contribution >= 0.6 is 11.6 Å². The van der Waals surface area contributed by atoms with Crippen molar-refractivity contribution < 1.29 is 9.13 Å². The van der Waals surface area contributed by atoms with Gasteiger partial charge in [-0.3, -0.25) is 0 Å². The summed E-state index contributed by atoms with van der Waals surface area (Å²) in [5, 5.41) is 3.71. The number of hydrogen-bond acceptors (Lipinski definition) is 2. The number of rotatable bonds is 3. The molecule has 1 unspecified atom stereocenters. The summed E-state index contributed by atoms with van der Waals surface area (Å²) >= 11 is 5.97. The van der Waals surface area contributed by atoms with Gasteiger partial charge in [0.1, 0.15) is 11.6 Å². The van der Waals surface area contributed by atoms with Gasteiger partial charge in [0.05, 0.1) is 12.1 Å². The third kappa shape index (κ3) is 3.11. The minimum atomic E-state index is -0.297. The highest BCUT2D eigenvalue weighted by Crippen LogP contribution is 2.32. The maximum Gasteiger partial charge on any atom is 0.140 e. The highest BCUT2D eigenvalue weighted by molar-refractivity contribution is 6.32. The number of piperidine rings is 1. The van der Waals surface area contributed by atoms with E-state index in [4.69, 9.17) is 16.3 Å². The summed E-state index contributed by atoms with van der Waals surface area (Å²) in [5.74, 6) is 0.851. The van der Waals surface area contributed by atoms with Crippen molar-refractivity contribution in [2.45, 2.75) is 19.3 Å². The first-order valence-electron chi connectivity index (χ1n) is 5.93. The van der Waals surface area contributed by atoms with Gasteiger partial charge in [-0.05, 0) is 56.0 Å². The van der Waals surface area contributed by atoms with Gasteiger partial charge in [-0.25, -0.2) is 4.39 Å². The van der Waals surface area contributed by atoms with Gasteiger partial charge in [0.2, 0.25) is 0 Å². The zero-order chi connectivity index (χ0) is 12.3. The van der Waals surface area contributed by atoms with Gasteiger partial charge in [0.15, 0.2) is 0 Å². The molecule has 0 amide bonds. The lowest BCUT2D eigenvalue weighted by atomic mass is 9.92. The van der Waals surface area contributed by atoms with Crippen molar-refractivity contribution in [3.05, 3.63) is 28.5 Å². The highest BCUT2D eigenvalue weighted by Gasteiger charge is 2.18. The minimum absolute atomic E-state index is 0.297. The first-order valence-corrected chi connectivity index (χ1v) is 6.31. The molecule has 1 aliphatic rings. The van der Waals surface area contributed by atoms with Crippen LogP contribution in [0.4, 0.5) is 4.39 Å². The molecule has 1 fully saturated rings. The van der Waals surface area contributed by atoms with Crippen LogP contribution in [0.2, 0.25) is 5.02 Å². The fourth-order valence-corrected chi connectivity index (χ4v) is 2.71. The zero-order valence-corrected chi connectivity index (χ0v) is 10.7. The Labute approximate surface area is 106 Å². The van der Waals surface area contributed by atoms with Gasteiger partial charge in [-0.15, -0.1) is 0 Å². The summed E-state index contributed by atoms with van der Waals surface area (Å²) in [5.41, 5.74) is 0.867. The van der Waals surface area contributed by atoms with E-state index in [-0.39, 0.29) is 5.82 Å². The Kier molecular flexibility index (Phi) is 4.24. The van der Waals surface area contributed by atoms with E-state index in [0.29, 0.717) is 16.7 Å². The summed E-state index contributed by atoms with van der Waals surface area (Å²) in [6.45, 7) is 2.06. The van der Waals surface area contributed by atoms with Crippen molar-refractivity contribution in [1.29, 1.82) is 0 Å². The monoisotopic (exact) mass is 257 g/mol. The second-order valence-corrected chi connectivity index (χ2v) is 4.90. The van der Waals surface area contributed by atoms with E-state index >= 15 is 0 Å². The minimum Gasteiger partial charge on any atom is -0.495 e. The number of ether oxygens (including phenoxy) is 1. The van der Waals surface area contributed by atoms with E-state index in [0.717, 1.165) is 25.1 Å². The molecule has 0 bridgehead atoms. The first-order chi connectivity index (χ1) is 8.20. The lowest BCUT2D eigenvalue weighted by Crippen LogP contribution is -2.30. The van der Waals surface area contributed by atoms with Gasteiger partial charge in [-0.1, -0.05) is 11.6 Å². The topological polar surface area (TPSA) is 21.3 Å². The molecule has 2 nitrogen and oxygen atoms in total. The van der Waals surface area contributed by atoms with E-state index in [9.17, 15) is 4.39 Å². The first kappa shape index (κ1) is 12.7. The van der Waals surface area contributed by atoms with Crippen LogP contribution in [-0.2, 0) is 6.42 Å². The smallest absolute Gasteiger partial charge is 0.140 e. The largest absolute Gasteiger partial charge is 0.495 e. The zero-order valence-electron chi connectivity index (χ0n) is 9.93. The molecule has 1 aliphatic heterocycles. The third-order valence-corrected chi connectivity index (χ3v) is 3.48. The van der Waals surface area contributed by atoms with Crippen molar-refractivity contribution in [2.75, 3.05) is 20.2 Å². The molecule has 0 radical (unpaired) electrons. The van der Waals surface area contributed by atoms with Crippen LogP contribution < -0.4 is 10.1 Å². The van der Waals surface area contributed by atoms with Crippen molar-refractivity contribution in [3.63, 3.8) is 0 Å². The highest BCUT2D eigenvalue weighted by atomic mass is 35.5. The number of benzene rings is 1. The molecule has 2 rings (SSSR count). The Morgan fingerprint density at radius 3 is 3.00 bits per heavy atom. The normalized spacial score (nSPS) is 20.3. The maximum absolute atomic E-state index is 13.3. The average molecular weight is 258 g/mol. The SMILES string of the molecule is COc1c(Cl)cc(F)cc1CC1CCCNC1. The van der Waals surface area contributed by atoms with Crippen molar-refractivity contribution in [3.8, 4) is 5.75 Å². The number of methoxy groups -OCH3 is 1. The summed E-state index contributed by atoms with van der Waals surface area (Å²) in [7, 11) is 1.57. The molecule has 1 aromatic rings. The summed E-state index contributed by atoms with van der Waals surface area (Å²) in [6.07, 6.45) is 3.16. The molecule has 94 valence electrons. The second-order valence-electron chi connectivity index (χ2n) is 4.50. The Hall–Kier alpha value is -0.800. The van der Waals surface area contributed by atoms with Crippen molar-refractivity contribution in [2.24, 2.45) is 5.92 Å². The summed E-state index contributed by atoms with van der Waals surface area (Å²) < 4.78 is 18.6. The van der Waals surface area contributed by atoms with E-state index in [1.165, 1.54) is 25.0 Å². The lowest BCUT2D eigenvalue weighted by molar-refractivity contribution is 0.363. The molecule has 1 atom stereocenters. The van der Waals surface area contributed by atoms with E-state index in [2.05, 4.69) is 5.32 Å². The molecule has 0 aliphatic carbocycles. The van der Waals surface area contributed by atoms with Gasteiger partial charge in [0.25, 0.3) is 0 Å². The molecular formula is C13H17ClFNO. The number of hydrogen-bond donors (Lipinski definition) is 1. The average Bonchev–Trinajstić information content (AvgIpc) is 2.30. The standard InChI is InChI=1S/C13H17ClFNO/c1-17-13-10(6-11(15)7-12(13)14)5-9-3-2-4-16-8-9/h6-7,9,16H,2-5,8H2,1H3. The summed E-state index contributed by atoms with van der Waals surface area (Å²) in [4.78, 5) is 0. The van der Waals surface area contributed by atoms with E-state index < -0.39 is 0 Å². The molecule has 17 heavy (non-hydrogen) atoms. The molecule has 1 saturated heterocycles.